The molecule has 3 atom stereocenters. The van der Waals surface area contributed by atoms with E-state index in [-0.39, 0.29) is 29.7 Å². The van der Waals surface area contributed by atoms with Gasteiger partial charge in [-0.1, -0.05) is 60.7 Å². The minimum atomic E-state index is -0.311. The second-order valence-electron chi connectivity index (χ2n) is 7.82. The molecule has 0 spiro atoms. The highest BCUT2D eigenvalue weighted by molar-refractivity contribution is 6.14. The Labute approximate surface area is 180 Å². The van der Waals surface area contributed by atoms with Crippen molar-refractivity contribution in [3.8, 4) is 0 Å². The molecule has 0 bridgehead atoms. The Morgan fingerprint density at radius 2 is 1.74 bits per heavy atom. The van der Waals surface area contributed by atoms with E-state index in [1.54, 1.807) is 6.21 Å². The molecule has 31 heavy (non-hydrogen) atoms. The summed E-state index contributed by atoms with van der Waals surface area (Å²) in [5.41, 5.74) is 2.43. The summed E-state index contributed by atoms with van der Waals surface area (Å²) in [6.07, 6.45) is 4.70. The number of nitrogens with one attached hydrogen (secondary N) is 1. The number of allylic oxidation sites excluding steroid dienone is 2. The summed E-state index contributed by atoms with van der Waals surface area (Å²) in [4.78, 5) is 21.7. The van der Waals surface area contributed by atoms with E-state index in [1.165, 1.54) is 6.33 Å². The quantitative estimate of drug-likeness (QED) is 0.630. The molecule has 7 nitrogen and oxygen atoms in total. The van der Waals surface area contributed by atoms with E-state index in [9.17, 15) is 9.90 Å². The smallest absolute Gasteiger partial charge is 0.222 e. The summed E-state index contributed by atoms with van der Waals surface area (Å²) in [6.45, 7) is 0. The topological polar surface area (TPSA) is 92.4 Å². The summed E-state index contributed by atoms with van der Waals surface area (Å²) in [5.74, 6) is 0.730. The molecular weight excluding hydrogens is 390 g/mol. The van der Waals surface area contributed by atoms with E-state index in [0.29, 0.717) is 30.8 Å². The number of hydrogen-bond donors (Lipinski definition) is 2. The van der Waals surface area contributed by atoms with E-state index >= 15 is 0 Å². The molecule has 1 aliphatic carbocycles. The molecule has 1 aromatic heterocycles. The van der Waals surface area contributed by atoms with Gasteiger partial charge >= 0.3 is 0 Å². The minimum Gasteiger partial charge on any atom is -0.512 e. The first kappa shape index (κ1) is 19.2. The Kier molecular flexibility index (Phi) is 5.08. The van der Waals surface area contributed by atoms with Crippen LogP contribution in [0.5, 0.6) is 0 Å². The van der Waals surface area contributed by atoms with Crippen LogP contribution in [0.2, 0.25) is 0 Å². The van der Waals surface area contributed by atoms with Gasteiger partial charge in [0.15, 0.2) is 5.78 Å². The number of aliphatic hydroxyl groups excluding tert-OH is 1. The molecule has 3 aromatic rings. The molecule has 0 unspecified atom stereocenters. The fourth-order valence-electron chi connectivity index (χ4n) is 4.36. The van der Waals surface area contributed by atoms with Crippen molar-refractivity contribution in [3.05, 3.63) is 89.5 Å². The highest BCUT2D eigenvalue weighted by Gasteiger charge is 2.39. The molecule has 2 aliphatic rings. The standard InChI is InChI=1S/C24H23N5O2/c30-19-12-7-13-20(31)18(19)14-25-22-21(16-8-3-1-4-9-16)28-24-26-15-27-29(24)23(22)17-10-5-2-6-11-17/h1-6,8-11,14-15,21-23,30H,7,12-13H2,(H,26,27,28)/t21-,22-,23+/m1/s1. The fourth-order valence-corrected chi connectivity index (χ4v) is 4.36. The number of hydrogen-bond acceptors (Lipinski definition) is 6. The summed E-state index contributed by atoms with van der Waals surface area (Å²) in [5, 5.41) is 18.2. The number of aromatic nitrogens is 3. The summed E-state index contributed by atoms with van der Waals surface area (Å²) in [6, 6.07) is 19.4. The van der Waals surface area contributed by atoms with Crippen LogP contribution >= 0.6 is 0 Å². The third kappa shape index (κ3) is 3.63. The number of ketones is 1. The van der Waals surface area contributed by atoms with Crippen molar-refractivity contribution < 1.29 is 9.90 Å². The molecule has 2 heterocycles. The number of carbonyl (C=O) groups is 1. The van der Waals surface area contributed by atoms with Gasteiger partial charge in [0.2, 0.25) is 5.95 Å². The normalized spacial score (nSPS) is 23.6. The highest BCUT2D eigenvalue weighted by Crippen LogP contribution is 2.39. The van der Waals surface area contributed by atoms with Gasteiger partial charge in [-0.15, -0.1) is 0 Å². The van der Waals surface area contributed by atoms with Crippen molar-refractivity contribution in [1.29, 1.82) is 0 Å². The largest absolute Gasteiger partial charge is 0.512 e. The van der Waals surface area contributed by atoms with Crippen molar-refractivity contribution >= 4 is 17.9 Å². The highest BCUT2D eigenvalue weighted by atomic mass is 16.3. The van der Waals surface area contributed by atoms with Crippen molar-refractivity contribution in [3.63, 3.8) is 0 Å². The maximum absolute atomic E-state index is 12.4. The number of nitrogens with zero attached hydrogens (tertiary/aromatic N) is 4. The van der Waals surface area contributed by atoms with Gasteiger partial charge in [-0.25, -0.2) is 4.68 Å². The predicted molar refractivity (Wildman–Crippen MR) is 118 cm³/mol. The molecule has 156 valence electrons. The Morgan fingerprint density at radius 3 is 2.45 bits per heavy atom. The third-order valence-corrected chi connectivity index (χ3v) is 5.89. The van der Waals surface area contributed by atoms with Crippen LogP contribution in [-0.2, 0) is 4.79 Å². The Balaban J connectivity index is 1.63. The Morgan fingerprint density at radius 1 is 1.03 bits per heavy atom. The molecule has 0 radical (unpaired) electrons. The first-order valence-corrected chi connectivity index (χ1v) is 10.5. The van der Waals surface area contributed by atoms with E-state index in [4.69, 9.17) is 4.99 Å². The third-order valence-electron chi connectivity index (χ3n) is 5.89. The predicted octanol–water partition coefficient (Wildman–Crippen LogP) is 4.04. The van der Waals surface area contributed by atoms with E-state index in [1.807, 2.05) is 41.1 Å². The zero-order valence-corrected chi connectivity index (χ0v) is 16.9. The molecule has 0 amide bonds. The van der Waals surface area contributed by atoms with Gasteiger partial charge in [-0.05, 0) is 17.5 Å². The number of carbonyl (C=O) groups excluding carboxylic acids is 1. The van der Waals surface area contributed by atoms with Gasteiger partial charge in [-0.2, -0.15) is 10.1 Å². The molecule has 2 N–H and O–H groups in total. The lowest BCUT2D eigenvalue weighted by Gasteiger charge is -2.37. The number of aliphatic hydroxyl groups is 1. The molecule has 0 saturated carbocycles. The lowest BCUT2D eigenvalue weighted by molar-refractivity contribution is -0.115. The van der Waals surface area contributed by atoms with Gasteiger partial charge in [0.25, 0.3) is 0 Å². The van der Waals surface area contributed by atoms with Crippen LogP contribution in [0.3, 0.4) is 0 Å². The van der Waals surface area contributed by atoms with Gasteiger partial charge < -0.3 is 10.4 Å². The molecular formula is C24H23N5O2. The number of rotatable bonds is 4. The van der Waals surface area contributed by atoms with Crippen LogP contribution in [0, 0.1) is 0 Å². The van der Waals surface area contributed by atoms with E-state index < -0.39 is 0 Å². The number of anilines is 1. The van der Waals surface area contributed by atoms with Crippen LogP contribution in [0.1, 0.15) is 42.5 Å². The summed E-state index contributed by atoms with van der Waals surface area (Å²) < 4.78 is 1.84. The van der Waals surface area contributed by atoms with Crippen LogP contribution in [0.25, 0.3) is 0 Å². The van der Waals surface area contributed by atoms with Crippen LogP contribution in [-0.4, -0.2) is 37.9 Å². The lowest BCUT2D eigenvalue weighted by Crippen LogP contribution is -2.40. The van der Waals surface area contributed by atoms with Crippen molar-refractivity contribution in [2.24, 2.45) is 4.99 Å². The molecule has 7 heteroatoms. The average molecular weight is 413 g/mol. The monoisotopic (exact) mass is 413 g/mol. The first-order chi connectivity index (χ1) is 15.2. The molecule has 0 saturated heterocycles. The zero-order valence-electron chi connectivity index (χ0n) is 16.9. The van der Waals surface area contributed by atoms with Crippen molar-refractivity contribution in [2.75, 3.05) is 5.32 Å². The van der Waals surface area contributed by atoms with Gasteiger partial charge in [0, 0.05) is 19.1 Å². The summed E-state index contributed by atoms with van der Waals surface area (Å²) in [7, 11) is 0. The molecule has 5 rings (SSSR count). The van der Waals surface area contributed by atoms with Gasteiger partial charge in [0.05, 0.1) is 11.6 Å². The minimum absolute atomic E-state index is 0.0646. The maximum atomic E-state index is 12.4. The van der Waals surface area contributed by atoms with Crippen LogP contribution < -0.4 is 5.32 Å². The van der Waals surface area contributed by atoms with Crippen molar-refractivity contribution in [1.82, 2.24) is 14.8 Å². The second kappa shape index (κ2) is 8.18. The number of benzene rings is 2. The maximum Gasteiger partial charge on any atom is 0.222 e. The summed E-state index contributed by atoms with van der Waals surface area (Å²) >= 11 is 0. The van der Waals surface area contributed by atoms with Crippen LogP contribution in [0.4, 0.5) is 5.95 Å². The second-order valence-corrected chi connectivity index (χ2v) is 7.82. The van der Waals surface area contributed by atoms with Gasteiger partial charge in [-0.3, -0.25) is 9.79 Å². The van der Waals surface area contributed by atoms with E-state index in [0.717, 1.165) is 11.1 Å². The Hall–Kier alpha value is -3.74. The molecule has 1 aliphatic heterocycles. The lowest BCUT2D eigenvalue weighted by atomic mass is 9.88. The average Bonchev–Trinajstić information content (AvgIpc) is 3.27. The zero-order chi connectivity index (χ0) is 21.2. The van der Waals surface area contributed by atoms with Crippen LogP contribution in [0.15, 0.2) is 83.3 Å². The molecule has 0 fully saturated rings. The number of Topliss-reactive ketones (excluding diaryl/α,β-unsaturated/α-hetero) is 1. The number of fused-ring (bicyclic) bond motifs is 1. The first-order valence-electron chi connectivity index (χ1n) is 10.5. The SMILES string of the molecule is O=C1CCCC(O)=C1C=N[C@@H]1[C@@H](c2ccccc2)Nc2ncnn2[C@H]1c1ccccc1. The van der Waals surface area contributed by atoms with Gasteiger partial charge in [0.1, 0.15) is 24.2 Å². The Bertz CT molecular complexity index is 1140. The fraction of sp³-hybridized carbons (Fsp3) is 0.250. The number of aliphatic imine (C=N–C) groups is 1. The van der Waals surface area contributed by atoms with E-state index in [2.05, 4.69) is 39.7 Å². The molecule has 2 aromatic carbocycles. The van der Waals surface area contributed by atoms with Crippen molar-refractivity contribution in [2.45, 2.75) is 37.4 Å².